The minimum Gasteiger partial charge on any atom is -0.493 e. The molecule has 0 amide bonds. The van der Waals surface area contributed by atoms with E-state index in [-0.39, 0.29) is 6.10 Å². The maximum absolute atomic E-state index is 6.10. The van der Waals surface area contributed by atoms with Crippen LogP contribution in [0.15, 0.2) is 48.5 Å². The van der Waals surface area contributed by atoms with Crippen molar-refractivity contribution in [3.8, 4) is 11.5 Å². The first-order chi connectivity index (χ1) is 11.0. The van der Waals surface area contributed by atoms with Crippen molar-refractivity contribution in [3.63, 3.8) is 0 Å². The number of hydrogen-bond donors (Lipinski definition) is 1. The predicted molar refractivity (Wildman–Crippen MR) is 96.8 cm³/mol. The Kier molecular flexibility index (Phi) is 6.60. The minimum atomic E-state index is -0.00450. The lowest BCUT2D eigenvalue weighted by atomic mass is 10.2. The zero-order chi connectivity index (χ0) is 16.7. The van der Waals surface area contributed by atoms with Crippen LogP contribution < -0.4 is 14.8 Å². The van der Waals surface area contributed by atoms with E-state index in [0.717, 1.165) is 18.0 Å². The predicted octanol–water partition coefficient (Wildman–Crippen LogP) is 5.25. The molecule has 0 radical (unpaired) electrons. The molecule has 2 aromatic carbocycles. The van der Waals surface area contributed by atoms with Crippen molar-refractivity contribution in [2.24, 2.45) is 5.92 Å². The smallest absolute Gasteiger partial charge is 0.138 e. The molecule has 2 aromatic rings. The van der Waals surface area contributed by atoms with Crippen molar-refractivity contribution in [2.75, 3.05) is 18.5 Å². The van der Waals surface area contributed by atoms with Crippen LogP contribution in [0.25, 0.3) is 0 Å². The maximum Gasteiger partial charge on any atom is 0.138 e. The van der Waals surface area contributed by atoms with Crippen LogP contribution >= 0.6 is 11.6 Å². The van der Waals surface area contributed by atoms with Gasteiger partial charge in [-0.1, -0.05) is 43.6 Å². The Labute approximate surface area is 143 Å². The lowest BCUT2D eigenvalue weighted by Gasteiger charge is -2.17. The highest BCUT2D eigenvalue weighted by Crippen LogP contribution is 2.24. The number of rotatable bonds is 8. The number of anilines is 1. The summed E-state index contributed by atoms with van der Waals surface area (Å²) in [5.74, 6) is 2.09. The van der Waals surface area contributed by atoms with Gasteiger partial charge in [-0.2, -0.15) is 0 Å². The van der Waals surface area contributed by atoms with Crippen LogP contribution in [0.4, 0.5) is 5.69 Å². The molecule has 0 saturated carbocycles. The van der Waals surface area contributed by atoms with Gasteiger partial charge in [-0.05, 0) is 37.1 Å². The zero-order valence-corrected chi connectivity index (χ0v) is 14.6. The van der Waals surface area contributed by atoms with Crippen LogP contribution in [0.1, 0.15) is 20.8 Å². The fraction of sp³-hybridized carbons (Fsp3) is 0.368. The molecule has 0 fully saturated rings. The number of nitrogens with one attached hydrogen (secondary N) is 1. The van der Waals surface area contributed by atoms with Crippen LogP contribution in [0.3, 0.4) is 0 Å². The molecule has 0 aliphatic carbocycles. The Morgan fingerprint density at radius 1 is 1.04 bits per heavy atom. The molecular formula is C19H24ClNO2. The van der Waals surface area contributed by atoms with Gasteiger partial charge in [-0.15, -0.1) is 0 Å². The van der Waals surface area contributed by atoms with Crippen molar-refractivity contribution < 1.29 is 9.47 Å². The topological polar surface area (TPSA) is 30.5 Å². The van der Waals surface area contributed by atoms with E-state index in [1.54, 1.807) is 0 Å². The molecule has 0 saturated heterocycles. The van der Waals surface area contributed by atoms with E-state index in [9.17, 15) is 0 Å². The van der Waals surface area contributed by atoms with E-state index in [1.807, 2.05) is 55.5 Å². The summed E-state index contributed by atoms with van der Waals surface area (Å²) in [6.07, 6.45) is -0.00450. The molecule has 4 heteroatoms. The first-order valence-electron chi connectivity index (χ1n) is 7.92. The average Bonchev–Trinajstić information content (AvgIpc) is 2.54. The lowest BCUT2D eigenvalue weighted by Crippen LogP contribution is -2.22. The normalized spacial score (nSPS) is 12.0. The van der Waals surface area contributed by atoms with Gasteiger partial charge in [0.2, 0.25) is 0 Å². The third-order valence-electron chi connectivity index (χ3n) is 3.18. The summed E-state index contributed by atoms with van der Waals surface area (Å²) in [6, 6.07) is 15.5. The molecule has 0 aromatic heterocycles. The summed E-state index contributed by atoms with van der Waals surface area (Å²) in [7, 11) is 0. The van der Waals surface area contributed by atoms with Crippen molar-refractivity contribution in [2.45, 2.75) is 26.9 Å². The van der Waals surface area contributed by atoms with Gasteiger partial charge in [0.25, 0.3) is 0 Å². The fourth-order valence-corrected chi connectivity index (χ4v) is 2.20. The third-order valence-corrected chi connectivity index (χ3v) is 3.49. The summed E-state index contributed by atoms with van der Waals surface area (Å²) in [4.78, 5) is 0. The SMILES string of the molecule is CC(C)COc1cccc(NCC(C)Oc2ccccc2Cl)c1. The summed E-state index contributed by atoms with van der Waals surface area (Å²) in [6.45, 7) is 7.68. The van der Waals surface area contributed by atoms with Gasteiger partial charge in [-0.25, -0.2) is 0 Å². The maximum atomic E-state index is 6.10. The molecule has 0 bridgehead atoms. The number of ether oxygens (including phenoxy) is 2. The Morgan fingerprint density at radius 3 is 2.57 bits per heavy atom. The number of halogens is 1. The van der Waals surface area contributed by atoms with Gasteiger partial charge in [-0.3, -0.25) is 0 Å². The van der Waals surface area contributed by atoms with Crippen LogP contribution in [-0.4, -0.2) is 19.3 Å². The average molecular weight is 334 g/mol. The Bertz CT molecular complexity index is 616. The largest absolute Gasteiger partial charge is 0.493 e. The molecular weight excluding hydrogens is 310 g/mol. The second-order valence-electron chi connectivity index (χ2n) is 5.97. The highest BCUT2D eigenvalue weighted by atomic mass is 35.5. The fourth-order valence-electron chi connectivity index (χ4n) is 2.02. The van der Waals surface area contributed by atoms with Gasteiger partial charge in [0.05, 0.1) is 18.2 Å². The minimum absolute atomic E-state index is 0.00450. The highest BCUT2D eigenvalue weighted by Gasteiger charge is 2.07. The number of hydrogen-bond acceptors (Lipinski definition) is 3. The highest BCUT2D eigenvalue weighted by molar-refractivity contribution is 6.32. The van der Waals surface area contributed by atoms with E-state index < -0.39 is 0 Å². The molecule has 1 N–H and O–H groups in total. The van der Waals surface area contributed by atoms with Gasteiger partial charge >= 0.3 is 0 Å². The van der Waals surface area contributed by atoms with Crippen LogP contribution in [-0.2, 0) is 0 Å². The second-order valence-corrected chi connectivity index (χ2v) is 6.38. The van der Waals surface area contributed by atoms with Gasteiger partial charge < -0.3 is 14.8 Å². The molecule has 3 nitrogen and oxygen atoms in total. The summed E-state index contributed by atoms with van der Waals surface area (Å²) >= 11 is 6.10. The quantitative estimate of drug-likeness (QED) is 0.715. The number of para-hydroxylation sites is 1. The lowest BCUT2D eigenvalue weighted by molar-refractivity contribution is 0.235. The van der Waals surface area contributed by atoms with Gasteiger partial charge in [0, 0.05) is 11.8 Å². The van der Waals surface area contributed by atoms with Crippen molar-refractivity contribution in [1.29, 1.82) is 0 Å². The van der Waals surface area contributed by atoms with Crippen LogP contribution in [0, 0.1) is 5.92 Å². The molecule has 0 spiro atoms. The summed E-state index contributed by atoms with van der Waals surface area (Å²) in [5, 5.41) is 3.99. The van der Waals surface area contributed by atoms with Gasteiger partial charge in [0.15, 0.2) is 0 Å². The molecule has 0 aliphatic rings. The number of benzene rings is 2. The van der Waals surface area contributed by atoms with E-state index >= 15 is 0 Å². The molecule has 0 heterocycles. The zero-order valence-electron chi connectivity index (χ0n) is 13.9. The molecule has 0 aliphatic heterocycles. The molecule has 2 rings (SSSR count). The Balaban J connectivity index is 1.85. The third kappa shape index (κ3) is 6.03. The van der Waals surface area contributed by atoms with Crippen LogP contribution in [0.2, 0.25) is 5.02 Å². The van der Waals surface area contributed by atoms with E-state index in [4.69, 9.17) is 21.1 Å². The second kappa shape index (κ2) is 8.68. The van der Waals surface area contributed by atoms with Crippen molar-refractivity contribution in [3.05, 3.63) is 53.6 Å². The summed E-state index contributed by atoms with van der Waals surface area (Å²) in [5.41, 5.74) is 1.01. The first kappa shape index (κ1) is 17.5. The molecule has 124 valence electrons. The summed E-state index contributed by atoms with van der Waals surface area (Å²) < 4.78 is 11.6. The van der Waals surface area contributed by atoms with Crippen molar-refractivity contribution in [1.82, 2.24) is 0 Å². The van der Waals surface area contributed by atoms with Gasteiger partial charge in [0.1, 0.15) is 17.6 Å². The molecule has 1 unspecified atom stereocenters. The Hall–Kier alpha value is -1.87. The monoisotopic (exact) mass is 333 g/mol. The standard InChI is InChI=1S/C19H24ClNO2/c1-14(2)13-22-17-8-6-7-16(11-17)21-12-15(3)23-19-10-5-4-9-18(19)20/h4-11,14-15,21H,12-13H2,1-3H3. The first-order valence-corrected chi connectivity index (χ1v) is 8.30. The Morgan fingerprint density at radius 2 is 1.83 bits per heavy atom. The van der Waals surface area contributed by atoms with Crippen LogP contribution in [0.5, 0.6) is 11.5 Å². The van der Waals surface area contributed by atoms with E-state index in [2.05, 4.69) is 19.2 Å². The molecule has 1 atom stereocenters. The molecule has 23 heavy (non-hydrogen) atoms. The van der Waals surface area contributed by atoms with E-state index in [0.29, 0.717) is 23.2 Å². The van der Waals surface area contributed by atoms with E-state index in [1.165, 1.54) is 0 Å². The van der Waals surface area contributed by atoms with Crippen molar-refractivity contribution >= 4 is 17.3 Å².